The Morgan fingerprint density at radius 3 is 1.44 bits per heavy atom. The van der Waals surface area contributed by atoms with Crippen LogP contribution in [-0.2, 0) is 8.37 Å². The third-order valence-electron chi connectivity index (χ3n) is 2.14. The maximum absolute atomic E-state index is 5.68. The molecule has 4 nitrogen and oxygen atoms in total. The summed E-state index contributed by atoms with van der Waals surface area (Å²) in [4.78, 5) is 8.79. The van der Waals surface area contributed by atoms with Gasteiger partial charge in [-0.25, -0.2) is 0 Å². The zero-order chi connectivity index (χ0) is 12.1. The van der Waals surface area contributed by atoms with E-state index in [0.717, 1.165) is 0 Å². The van der Waals surface area contributed by atoms with Crippen molar-refractivity contribution in [1.29, 1.82) is 0 Å². The predicted molar refractivity (Wildman–Crippen MR) is 68.5 cm³/mol. The molecule has 0 spiro atoms. The van der Waals surface area contributed by atoms with Crippen molar-refractivity contribution in [2.75, 3.05) is 0 Å². The predicted octanol–water partition coefficient (Wildman–Crippen LogP) is 3.12. The average Bonchev–Trinajstić information content (AvgIpc) is 2.53. The van der Waals surface area contributed by atoms with Gasteiger partial charge in [0.05, 0.1) is 0 Å². The van der Waals surface area contributed by atoms with Gasteiger partial charge in [0, 0.05) is 10.8 Å². The first-order chi connectivity index (χ1) is 7.18. The van der Waals surface area contributed by atoms with E-state index in [-0.39, 0.29) is 10.8 Å². The van der Waals surface area contributed by atoms with Crippen LogP contribution in [0.5, 0.6) is 0 Å². The number of rotatable bonds is 0. The first-order valence-electron chi connectivity index (χ1n) is 5.34. The molecule has 16 heavy (non-hydrogen) atoms. The molecule has 2 aliphatic heterocycles. The highest BCUT2D eigenvalue weighted by atomic mass is 32.2. The molecule has 0 bridgehead atoms. The van der Waals surface area contributed by atoms with Gasteiger partial charge >= 0.3 is 0 Å². The lowest BCUT2D eigenvalue weighted by Crippen LogP contribution is -2.23. The second-order valence-corrected chi connectivity index (χ2v) is 7.19. The molecule has 0 N–H and O–H groups in total. The molecule has 0 aromatic heterocycles. The van der Waals surface area contributed by atoms with Crippen LogP contribution in [0.15, 0.2) is 9.98 Å². The Morgan fingerprint density at radius 1 is 0.812 bits per heavy atom. The Kier molecular flexibility index (Phi) is 2.42. The summed E-state index contributed by atoms with van der Waals surface area (Å²) in [6.07, 6.45) is 0. The summed E-state index contributed by atoms with van der Waals surface area (Å²) < 4.78 is 11.4. The normalized spacial score (nSPS) is 21.2. The number of aliphatic imine (C=N–C) groups is 2. The highest BCUT2D eigenvalue weighted by molar-refractivity contribution is 8.08. The van der Waals surface area contributed by atoms with E-state index in [1.165, 1.54) is 0 Å². The van der Waals surface area contributed by atoms with Gasteiger partial charge in [0.2, 0.25) is 22.8 Å². The van der Waals surface area contributed by atoms with Crippen LogP contribution in [0.2, 0.25) is 0 Å². The molecular formula is C11H18N2O2S. The largest absolute Gasteiger partial charge is 0.381 e. The average molecular weight is 242 g/mol. The van der Waals surface area contributed by atoms with Crippen molar-refractivity contribution in [3.05, 3.63) is 0 Å². The minimum Gasteiger partial charge on any atom is -0.381 e. The van der Waals surface area contributed by atoms with Gasteiger partial charge in [0.15, 0.2) is 0 Å². The summed E-state index contributed by atoms with van der Waals surface area (Å²) in [6, 6.07) is 0. The lowest BCUT2D eigenvalue weighted by atomic mass is 9.97. The fraction of sp³-hybridized carbons (Fsp3) is 0.727. The third kappa shape index (κ3) is 2.00. The smallest absolute Gasteiger partial charge is 0.261 e. The van der Waals surface area contributed by atoms with Crippen molar-refractivity contribution in [2.45, 2.75) is 41.5 Å². The summed E-state index contributed by atoms with van der Waals surface area (Å²) >= 11 is -0.712. The van der Waals surface area contributed by atoms with Gasteiger partial charge in [-0.05, 0) is 0 Å². The van der Waals surface area contributed by atoms with Gasteiger partial charge in [0.25, 0.3) is 5.11 Å². The first kappa shape index (κ1) is 11.6. The van der Waals surface area contributed by atoms with E-state index in [1.807, 2.05) is 0 Å². The molecule has 0 saturated carbocycles. The minimum atomic E-state index is -0.712. The Morgan fingerprint density at radius 2 is 1.19 bits per heavy atom. The third-order valence-corrected chi connectivity index (χ3v) is 3.24. The molecule has 0 saturated heterocycles. The Bertz CT molecular complexity index is 384. The van der Waals surface area contributed by atoms with E-state index in [1.54, 1.807) is 0 Å². The van der Waals surface area contributed by atoms with E-state index in [9.17, 15) is 0 Å². The number of hydrogen-bond acceptors (Lipinski definition) is 4. The molecule has 0 fully saturated rings. The molecule has 0 amide bonds. The van der Waals surface area contributed by atoms with E-state index >= 15 is 0 Å². The van der Waals surface area contributed by atoms with Crippen LogP contribution in [0, 0.1) is 10.8 Å². The molecule has 0 aromatic carbocycles. The van der Waals surface area contributed by atoms with Gasteiger partial charge in [-0.3, -0.25) is 0 Å². The van der Waals surface area contributed by atoms with Crippen LogP contribution < -0.4 is 0 Å². The molecular weight excluding hydrogens is 224 g/mol. The van der Waals surface area contributed by atoms with Crippen LogP contribution in [0.3, 0.4) is 0 Å². The maximum Gasteiger partial charge on any atom is 0.261 e. The lowest BCUT2D eigenvalue weighted by Gasteiger charge is -2.20. The standard InChI is InChI=1S/C11H18N2O2S/c1-10(2,3)7-12-9-13-8(11(4,5)6)15-16(9)14-7/h1-6H3. The number of hydrogen-bond donors (Lipinski definition) is 0. The van der Waals surface area contributed by atoms with E-state index < -0.39 is 11.0 Å². The Hall–Kier alpha value is -0.840. The molecule has 0 aromatic rings. The SMILES string of the molecule is CC(C)(C)C1=NC2=S(O1)OC(C(C)(C)C)=N2. The Labute approximate surface area is 99.1 Å². The zero-order valence-electron chi connectivity index (χ0n) is 10.6. The van der Waals surface area contributed by atoms with E-state index in [4.69, 9.17) is 8.37 Å². The highest BCUT2D eigenvalue weighted by Crippen LogP contribution is 2.39. The zero-order valence-corrected chi connectivity index (χ0v) is 11.4. The number of nitrogens with zero attached hydrogens (tertiary/aromatic N) is 2. The van der Waals surface area contributed by atoms with Crippen molar-refractivity contribution in [3.63, 3.8) is 0 Å². The molecule has 2 heterocycles. The molecule has 0 radical (unpaired) electrons. The molecule has 2 aliphatic rings. The van der Waals surface area contributed by atoms with Crippen LogP contribution in [0.4, 0.5) is 0 Å². The molecule has 90 valence electrons. The quantitative estimate of drug-likeness (QED) is 0.612. The Balaban J connectivity index is 2.21. The van der Waals surface area contributed by atoms with Crippen molar-refractivity contribution in [3.8, 4) is 0 Å². The summed E-state index contributed by atoms with van der Waals surface area (Å²) in [5.74, 6) is 1.42. The van der Waals surface area contributed by atoms with Crippen molar-refractivity contribution >= 4 is 28.0 Å². The van der Waals surface area contributed by atoms with Crippen LogP contribution in [0.25, 0.3) is 0 Å². The second-order valence-electron chi connectivity index (χ2n) is 6.02. The summed E-state index contributed by atoms with van der Waals surface area (Å²) in [5, 5.41) is 0.676. The van der Waals surface area contributed by atoms with Crippen molar-refractivity contribution in [2.24, 2.45) is 20.8 Å². The van der Waals surface area contributed by atoms with Crippen LogP contribution >= 0.6 is 11.0 Å². The highest BCUT2D eigenvalue weighted by Gasteiger charge is 2.37. The second kappa shape index (κ2) is 3.32. The summed E-state index contributed by atoms with van der Waals surface area (Å²) in [7, 11) is 0. The van der Waals surface area contributed by atoms with Gasteiger partial charge in [-0.15, -0.1) is 0 Å². The topological polar surface area (TPSA) is 43.2 Å². The molecule has 0 aliphatic carbocycles. The van der Waals surface area contributed by atoms with Gasteiger partial charge in [0.1, 0.15) is 0 Å². The summed E-state index contributed by atoms with van der Waals surface area (Å²) in [6.45, 7) is 12.4. The van der Waals surface area contributed by atoms with E-state index in [2.05, 4.69) is 51.5 Å². The van der Waals surface area contributed by atoms with Crippen LogP contribution in [-0.4, -0.2) is 16.9 Å². The fourth-order valence-electron chi connectivity index (χ4n) is 1.13. The minimum absolute atomic E-state index is 0.0921. The lowest BCUT2D eigenvalue weighted by molar-refractivity contribution is 0.421. The van der Waals surface area contributed by atoms with Gasteiger partial charge in [-0.1, -0.05) is 41.5 Å². The maximum atomic E-state index is 5.68. The van der Waals surface area contributed by atoms with Crippen molar-refractivity contribution < 1.29 is 8.37 Å². The molecule has 0 unspecified atom stereocenters. The molecule has 0 atom stereocenters. The monoisotopic (exact) mass is 242 g/mol. The van der Waals surface area contributed by atoms with Crippen LogP contribution in [0.1, 0.15) is 41.5 Å². The van der Waals surface area contributed by atoms with Gasteiger partial charge < -0.3 is 8.37 Å². The first-order valence-corrected chi connectivity index (χ1v) is 6.42. The summed E-state index contributed by atoms with van der Waals surface area (Å²) in [5.41, 5.74) is -0.184. The fourth-order valence-corrected chi connectivity index (χ4v) is 2.49. The van der Waals surface area contributed by atoms with E-state index in [0.29, 0.717) is 16.9 Å². The molecule has 5 heteroatoms. The van der Waals surface area contributed by atoms with Crippen molar-refractivity contribution in [1.82, 2.24) is 0 Å². The van der Waals surface area contributed by atoms with Gasteiger partial charge in [-0.2, -0.15) is 9.98 Å². The molecule has 2 rings (SSSR count).